The van der Waals surface area contributed by atoms with Gasteiger partial charge in [-0.15, -0.1) is 0 Å². The summed E-state index contributed by atoms with van der Waals surface area (Å²) >= 11 is 0. The second-order valence-corrected chi connectivity index (χ2v) is 6.05. The van der Waals surface area contributed by atoms with Crippen molar-refractivity contribution in [2.75, 3.05) is 20.1 Å². The zero-order valence-electron chi connectivity index (χ0n) is 12.1. The maximum Gasteiger partial charge on any atom is 0.0869 e. The number of hydrogen-bond acceptors (Lipinski definition) is 3. The van der Waals surface area contributed by atoms with E-state index in [1.165, 1.54) is 0 Å². The average Bonchev–Trinajstić information content (AvgIpc) is 2.14. The summed E-state index contributed by atoms with van der Waals surface area (Å²) in [6.45, 7) is 14.0. The van der Waals surface area contributed by atoms with Crippen LogP contribution in [0.4, 0.5) is 0 Å². The number of likely N-dealkylation sites (N-methyl/N-ethyl adjacent to an activating group) is 1. The van der Waals surface area contributed by atoms with Gasteiger partial charge in [0.25, 0.3) is 0 Å². The highest BCUT2D eigenvalue weighted by molar-refractivity contribution is 4.86. The predicted molar refractivity (Wildman–Crippen MR) is 70.8 cm³/mol. The molecule has 2 N–H and O–H groups in total. The van der Waals surface area contributed by atoms with E-state index in [2.05, 4.69) is 51.9 Å². The Bertz CT molecular complexity index is 200. The Morgan fingerprint density at radius 1 is 1.25 bits per heavy atom. The minimum atomic E-state index is -0.675. The van der Waals surface area contributed by atoms with Crippen molar-refractivity contribution in [2.24, 2.45) is 0 Å². The summed E-state index contributed by atoms with van der Waals surface area (Å²) in [6, 6.07) is 0.413. The van der Waals surface area contributed by atoms with Crippen molar-refractivity contribution >= 4 is 0 Å². The highest BCUT2D eigenvalue weighted by atomic mass is 16.3. The largest absolute Gasteiger partial charge is 0.388 e. The van der Waals surface area contributed by atoms with Crippen molar-refractivity contribution in [1.29, 1.82) is 0 Å². The van der Waals surface area contributed by atoms with Gasteiger partial charge in [0.05, 0.1) is 5.60 Å². The molecule has 0 saturated heterocycles. The molecule has 0 aromatic rings. The fraction of sp³-hybridized carbons (Fsp3) is 1.00. The van der Waals surface area contributed by atoms with Crippen LogP contribution in [0.25, 0.3) is 0 Å². The molecule has 0 aromatic carbocycles. The van der Waals surface area contributed by atoms with Gasteiger partial charge in [0.1, 0.15) is 0 Å². The Labute approximate surface area is 101 Å². The summed E-state index contributed by atoms with van der Waals surface area (Å²) in [6.07, 6.45) is 1.08. The van der Waals surface area contributed by atoms with Crippen LogP contribution in [0.3, 0.4) is 0 Å². The van der Waals surface area contributed by atoms with Gasteiger partial charge in [0.15, 0.2) is 0 Å². The highest BCUT2D eigenvalue weighted by Gasteiger charge is 2.29. The molecule has 0 saturated carbocycles. The molecule has 0 rings (SSSR count). The molecule has 0 bridgehead atoms. The normalized spacial score (nSPS) is 16.9. The lowest BCUT2D eigenvalue weighted by Gasteiger charge is -2.39. The van der Waals surface area contributed by atoms with Gasteiger partial charge in [0, 0.05) is 24.7 Å². The molecule has 3 heteroatoms. The van der Waals surface area contributed by atoms with Crippen LogP contribution in [-0.2, 0) is 0 Å². The van der Waals surface area contributed by atoms with Gasteiger partial charge in [-0.25, -0.2) is 0 Å². The minimum Gasteiger partial charge on any atom is -0.388 e. The summed E-state index contributed by atoms with van der Waals surface area (Å²) in [7, 11) is 2.08. The summed E-state index contributed by atoms with van der Waals surface area (Å²) < 4.78 is 0. The van der Waals surface area contributed by atoms with Crippen molar-refractivity contribution in [2.45, 2.75) is 65.1 Å². The lowest BCUT2D eigenvalue weighted by molar-refractivity contribution is -0.00323. The topological polar surface area (TPSA) is 35.5 Å². The Morgan fingerprint density at radius 3 is 2.12 bits per heavy atom. The average molecular weight is 230 g/mol. The minimum absolute atomic E-state index is 0.141. The van der Waals surface area contributed by atoms with E-state index in [1.54, 1.807) is 0 Å². The molecule has 1 unspecified atom stereocenters. The van der Waals surface area contributed by atoms with Crippen molar-refractivity contribution in [3.63, 3.8) is 0 Å². The SMILES string of the molecule is CCC(C)(C)N(C)CC(C)(O)CNC(C)C. The Kier molecular flexibility index (Phi) is 5.94. The molecule has 3 nitrogen and oxygen atoms in total. The van der Waals surface area contributed by atoms with E-state index >= 15 is 0 Å². The van der Waals surface area contributed by atoms with E-state index in [4.69, 9.17) is 0 Å². The first kappa shape index (κ1) is 15.9. The fourth-order valence-corrected chi connectivity index (χ4v) is 1.47. The maximum atomic E-state index is 10.3. The van der Waals surface area contributed by atoms with Crippen LogP contribution in [0, 0.1) is 0 Å². The van der Waals surface area contributed by atoms with Crippen molar-refractivity contribution in [3.8, 4) is 0 Å². The molecular formula is C13H30N2O. The van der Waals surface area contributed by atoms with Gasteiger partial charge in [-0.05, 0) is 34.2 Å². The predicted octanol–water partition coefficient (Wildman–Crippen LogP) is 1.86. The van der Waals surface area contributed by atoms with E-state index in [9.17, 15) is 5.11 Å². The summed E-state index contributed by atoms with van der Waals surface area (Å²) in [5.41, 5.74) is -0.534. The quantitative estimate of drug-likeness (QED) is 0.701. The Hall–Kier alpha value is -0.120. The number of aliphatic hydroxyl groups is 1. The number of β-amino-alcohol motifs (C(OH)–C–C–N with tert-alkyl or cyclic N) is 1. The van der Waals surface area contributed by atoms with Gasteiger partial charge in [0.2, 0.25) is 0 Å². The van der Waals surface area contributed by atoms with Crippen LogP contribution < -0.4 is 5.32 Å². The molecule has 0 aromatic heterocycles. The number of nitrogens with zero attached hydrogens (tertiary/aromatic N) is 1. The highest BCUT2D eigenvalue weighted by Crippen LogP contribution is 2.19. The van der Waals surface area contributed by atoms with Crippen LogP contribution in [0.5, 0.6) is 0 Å². The molecule has 0 radical (unpaired) electrons. The Morgan fingerprint density at radius 2 is 1.75 bits per heavy atom. The van der Waals surface area contributed by atoms with E-state index in [0.717, 1.165) is 6.42 Å². The van der Waals surface area contributed by atoms with Gasteiger partial charge in [-0.3, -0.25) is 4.90 Å². The van der Waals surface area contributed by atoms with E-state index in [1.807, 2.05) is 6.92 Å². The molecule has 0 heterocycles. The number of nitrogens with one attached hydrogen (secondary N) is 1. The zero-order valence-corrected chi connectivity index (χ0v) is 12.1. The maximum absolute atomic E-state index is 10.3. The van der Waals surface area contributed by atoms with E-state index < -0.39 is 5.60 Å². The fourth-order valence-electron chi connectivity index (χ4n) is 1.47. The lowest BCUT2D eigenvalue weighted by atomic mass is 9.96. The summed E-state index contributed by atoms with van der Waals surface area (Å²) in [4.78, 5) is 2.23. The molecule has 0 spiro atoms. The second-order valence-electron chi connectivity index (χ2n) is 6.05. The first-order valence-corrected chi connectivity index (χ1v) is 6.28. The standard InChI is InChI=1S/C13H30N2O/c1-8-12(4,5)15(7)10-13(6,16)9-14-11(2)3/h11,14,16H,8-10H2,1-7H3. The zero-order chi connectivity index (χ0) is 13.0. The lowest BCUT2D eigenvalue weighted by Crippen LogP contribution is -2.53. The third kappa shape index (κ3) is 5.83. The van der Waals surface area contributed by atoms with E-state index in [-0.39, 0.29) is 5.54 Å². The van der Waals surface area contributed by atoms with Gasteiger partial charge in [-0.1, -0.05) is 20.8 Å². The monoisotopic (exact) mass is 230 g/mol. The summed E-state index contributed by atoms with van der Waals surface area (Å²) in [5.74, 6) is 0. The third-order valence-electron chi connectivity index (χ3n) is 3.37. The van der Waals surface area contributed by atoms with Crippen molar-refractivity contribution < 1.29 is 5.11 Å². The number of rotatable bonds is 7. The first-order chi connectivity index (χ1) is 7.10. The van der Waals surface area contributed by atoms with Crippen LogP contribution in [0.1, 0.15) is 48.0 Å². The van der Waals surface area contributed by atoms with Crippen molar-refractivity contribution in [3.05, 3.63) is 0 Å². The molecule has 0 aliphatic carbocycles. The molecular weight excluding hydrogens is 200 g/mol. The van der Waals surface area contributed by atoms with Crippen molar-refractivity contribution in [1.82, 2.24) is 10.2 Å². The molecule has 16 heavy (non-hydrogen) atoms. The Balaban J connectivity index is 4.24. The molecule has 0 fully saturated rings. The van der Waals surface area contributed by atoms with Crippen LogP contribution >= 0.6 is 0 Å². The summed E-state index contributed by atoms with van der Waals surface area (Å²) in [5, 5.41) is 13.6. The first-order valence-electron chi connectivity index (χ1n) is 6.28. The molecule has 0 aliphatic rings. The van der Waals surface area contributed by atoms with Crippen LogP contribution in [-0.4, -0.2) is 47.3 Å². The van der Waals surface area contributed by atoms with Gasteiger partial charge in [-0.2, -0.15) is 0 Å². The molecule has 1 atom stereocenters. The smallest absolute Gasteiger partial charge is 0.0869 e. The molecule has 98 valence electrons. The molecule has 0 amide bonds. The third-order valence-corrected chi connectivity index (χ3v) is 3.37. The van der Waals surface area contributed by atoms with Crippen LogP contribution in [0.2, 0.25) is 0 Å². The van der Waals surface area contributed by atoms with Gasteiger partial charge < -0.3 is 10.4 Å². The van der Waals surface area contributed by atoms with E-state index in [0.29, 0.717) is 19.1 Å². The molecule has 0 aliphatic heterocycles. The second kappa shape index (κ2) is 5.99. The van der Waals surface area contributed by atoms with Crippen LogP contribution in [0.15, 0.2) is 0 Å². The number of hydrogen-bond donors (Lipinski definition) is 2. The van der Waals surface area contributed by atoms with Gasteiger partial charge >= 0.3 is 0 Å².